The molecule has 2 aromatic rings. The molecule has 132 valence electrons. The molecule has 0 bridgehead atoms. The van der Waals surface area contributed by atoms with Crippen LogP contribution in [0.1, 0.15) is 5.56 Å². The minimum Gasteiger partial charge on any atom is -0.508 e. The maximum Gasteiger partial charge on any atom is 0.270 e. The van der Waals surface area contributed by atoms with Gasteiger partial charge in [0.1, 0.15) is 5.75 Å². The Morgan fingerprint density at radius 2 is 1.96 bits per heavy atom. The molecule has 0 aliphatic rings. The van der Waals surface area contributed by atoms with Crippen LogP contribution in [0.4, 0.5) is 5.69 Å². The van der Waals surface area contributed by atoms with Gasteiger partial charge in [0.05, 0.1) is 4.92 Å². The van der Waals surface area contributed by atoms with Crippen molar-refractivity contribution in [3.8, 4) is 5.75 Å². The van der Waals surface area contributed by atoms with Crippen LogP contribution in [0.3, 0.4) is 0 Å². The predicted molar refractivity (Wildman–Crippen MR) is 104 cm³/mol. The van der Waals surface area contributed by atoms with E-state index in [-0.39, 0.29) is 18.0 Å². The number of benzene rings is 2. The van der Waals surface area contributed by atoms with Gasteiger partial charge in [-0.2, -0.15) is 0 Å². The maximum absolute atomic E-state index is 10.8. The smallest absolute Gasteiger partial charge is 0.270 e. The summed E-state index contributed by atoms with van der Waals surface area (Å²) in [6, 6.07) is 11.5. The number of phenols is 1. The molecule has 9 heteroatoms. The van der Waals surface area contributed by atoms with Gasteiger partial charge in [-0.25, -0.2) is 0 Å². The second-order valence-electron chi connectivity index (χ2n) is 4.98. The largest absolute Gasteiger partial charge is 0.508 e. The highest BCUT2D eigenvalue weighted by Crippen LogP contribution is 2.22. The lowest BCUT2D eigenvalue weighted by atomic mass is 10.2. The molecule has 0 heterocycles. The molecule has 25 heavy (non-hydrogen) atoms. The Morgan fingerprint density at radius 1 is 1.24 bits per heavy atom. The summed E-state index contributed by atoms with van der Waals surface area (Å²) >= 11 is 12.7. The van der Waals surface area contributed by atoms with E-state index in [1.165, 1.54) is 18.2 Å². The number of nitro groups is 1. The van der Waals surface area contributed by atoms with Crippen molar-refractivity contribution in [2.45, 2.75) is 11.4 Å². The van der Waals surface area contributed by atoms with Crippen LogP contribution in [-0.2, 0) is 6.54 Å². The first kappa shape index (κ1) is 19.3. The zero-order valence-electron chi connectivity index (χ0n) is 13.1. The number of hydrogen-bond donors (Lipinski definition) is 3. The molecule has 0 spiro atoms. The number of aromatic hydroxyl groups is 1. The van der Waals surface area contributed by atoms with Crippen LogP contribution in [0.5, 0.6) is 5.75 Å². The van der Waals surface area contributed by atoms with E-state index in [9.17, 15) is 15.2 Å². The number of nitro benzene ring substituents is 1. The molecule has 0 amide bonds. The number of hydrogen-bond acceptors (Lipinski definition) is 5. The Labute approximate surface area is 159 Å². The molecule has 0 atom stereocenters. The number of non-ortho nitro benzene ring substituents is 1. The molecule has 2 aromatic carbocycles. The van der Waals surface area contributed by atoms with Gasteiger partial charge in [-0.15, -0.1) is 11.8 Å². The van der Waals surface area contributed by atoms with Gasteiger partial charge >= 0.3 is 0 Å². The van der Waals surface area contributed by atoms with Crippen LogP contribution in [0.25, 0.3) is 0 Å². The summed E-state index contributed by atoms with van der Waals surface area (Å²) < 4.78 is 0. The SMILES string of the molecule is O=[N+]([O-])c1ccc(O)c(CNC(=S)NCCSc2ccc(Cl)cc2)c1. The Hall–Kier alpha value is -2.03. The predicted octanol–water partition coefficient (Wildman–Crippen LogP) is 3.71. The van der Waals surface area contributed by atoms with Gasteiger partial charge in [-0.3, -0.25) is 10.1 Å². The summed E-state index contributed by atoms with van der Waals surface area (Å²) in [5.74, 6) is 0.796. The monoisotopic (exact) mass is 397 g/mol. The van der Waals surface area contributed by atoms with E-state index in [2.05, 4.69) is 10.6 Å². The number of rotatable bonds is 7. The number of thioether (sulfide) groups is 1. The molecule has 6 nitrogen and oxygen atoms in total. The molecular formula is C16H16ClN3O3S2. The molecule has 0 fully saturated rings. The number of nitrogens with one attached hydrogen (secondary N) is 2. The zero-order valence-corrected chi connectivity index (χ0v) is 15.5. The molecule has 0 saturated carbocycles. The first-order valence-corrected chi connectivity index (χ1v) is 9.09. The minimum absolute atomic E-state index is 0.0146. The number of halogens is 1. The second kappa shape index (κ2) is 9.45. The number of thiocarbonyl (C=S) groups is 1. The summed E-state index contributed by atoms with van der Waals surface area (Å²) in [6.07, 6.45) is 0. The lowest BCUT2D eigenvalue weighted by molar-refractivity contribution is -0.384. The first-order chi connectivity index (χ1) is 12.0. The summed E-state index contributed by atoms with van der Waals surface area (Å²) in [6.45, 7) is 0.851. The average molecular weight is 398 g/mol. The summed E-state index contributed by atoms with van der Waals surface area (Å²) in [7, 11) is 0. The highest BCUT2D eigenvalue weighted by atomic mass is 35.5. The molecule has 0 unspecified atom stereocenters. The highest BCUT2D eigenvalue weighted by Gasteiger charge is 2.10. The maximum atomic E-state index is 10.8. The van der Waals surface area contributed by atoms with Crippen molar-refractivity contribution in [2.75, 3.05) is 12.3 Å². The Balaban J connectivity index is 1.73. The summed E-state index contributed by atoms with van der Waals surface area (Å²) in [4.78, 5) is 11.4. The van der Waals surface area contributed by atoms with Crippen molar-refractivity contribution >= 4 is 46.4 Å². The van der Waals surface area contributed by atoms with E-state index in [1.807, 2.05) is 24.3 Å². The van der Waals surface area contributed by atoms with Crippen molar-refractivity contribution in [1.29, 1.82) is 0 Å². The van der Waals surface area contributed by atoms with Gasteiger partial charge in [0.15, 0.2) is 5.11 Å². The lowest BCUT2D eigenvalue weighted by Gasteiger charge is -2.11. The molecule has 0 radical (unpaired) electrons. The quantitative estimate of drug-likeness (QED) is 0.216. The topological polar surface area (TPSA) is 87.4 Å². The van der Waals surface area contributed by atoms with E-state index in [0.717, 1.165) is 10.6 Å². The fourth-order valence-electron chi connectivity index (χ4n) is 1.93. The molecule has 0 saturated heterocycles. The molecule has 0 aliphatic carbocycles. The second-order valence-corrected chi connectivity index (χ2v) is 6.99. The van der Waals surface area contributed by atoms with E-state index < -0.39 is 4.92 Å². The van der Waals surface area contributed by atoms with Gasteiger partial charge in [-0.05, 0) is 42.5 Å². The van der Waals surface area contributed by atoms with E-state index in [0.29, 0.717) is 22.2 Å². The molecular weight excluding hydrogens is 382 g/mol. The van der Waals surface area contributed by atoms with Crippen molar-refractivity contribution in [3.05, 3.63) is 63.2 Å². The van der Waals surface area contributed by atoms with Crippen LogP contribution >= 0.6 is 35.6 Å². The first-order valence-electron chi connectivity index (χ1n) is 7.32. The van der Waals surface area contributed by atoms with Crippen LogP contribution in [0.15, 0.2) is 47.4 Å². The molecule has 0 aromatic heterocycles. The van der Waals surface area contributed by atoms with Crippen LogP contribution in [-0.4, -0.2) is 27.4 Å². The Kier molecular flexibility index (Phi) is 7.30. The molecule has 3 N–H and O–H groups in total. The number of nitrogens with zero attached hydrogens (tertiary/aromatic N) is 1. The van der Waals surface area contributed by atoms with Crippen molar-refractivity contribution in [1.82, 2.24) is 10.6 Å². The fourth-order valence-corrected chi connectivity index (χ4v) is 3.00. The Morgan fingerprint density at radius 3 is 2.64 bits per heavy atom. The zero-order chi connectivity index (χ0) is 18.2. The third-order valence-corrected chi connectivity index (χ3v) is 4.74. The van der Waals surface area contributed by atoms with E-state index >= 15 is 0 Å². The van der Waals surface area contributed by atoms with Gasteiger partial charge in [0, 0.05) is 46.5 Å². The van der Waals surface area contributed by atoms with Crippen LogP contribution in [0.2, 0.25) is 5.02 Å². The van der Waals surface area contributed by atoms with Crippen molar-refractivity contribution < 1.29 is 10.0 Å². The Bertz CT molecular complexity index is 757. The van der Waals surface area contributed by atoms with Crippen molar-refractivity contribution in [2.24, 2.45) is 0 Å². The van der Waals surface area contributed by atoms with Crippen LogP contribution in [0, 0.1) is 10.1 Å². The number of phenolic OH excluding ortho intramolecular Hbond substituents is 1. The van der Waals surface area contributed by atoms with Crippen LogP contribution < -0.4 is 10.6 Å². The summed E-state index contributed by atoms with van der Waals surface area (Å²) in [5.41, 5.74) is 0.335. The van der Waals surface area contributed by atoms with Gasteiger partial charge < -0.3 is 15.7 Å². The standard InChI is InChI=1S/C16H16ClN3O3S2/c17-12-1-4-14(5-2-12)25-8-7-18-16(24)19-10-11-9-13(20(22)23)3-6-15(11)21/h1-6,9,21H,7-8,10H2,(H2,18,19,24). The third-order valence-electron chi connectivity index (χ3n) is 3.18. The van der Waals surface area contributed by atoms with Gasteiger partial charge in [0.25, 0.3) is 5.69 Å². The molecule has 2 rings (SSSR count). The van der Waals surface area contributed by atoms with Gasteiger partial charge in [-0.1, -0.05) is 11.6 Å². The van der Waals surface area contributed by atoms with E-state index in [1.54, 1.807) is 11.8 Å². The lowest BCUT2D eigenvalue weighted by Crippen LogP contribution is -2.36. The van der Waals surface area contributed by atoms with Gasteiger partial charge in [0.2, 0.25) is 0 Å². The fraction of sp³-hybridized carbons (Fsp3) is 0.188. The van der Waals surface area contributed by atoms with Crippen molar-refractivity contribution in [3.63, 3.8) is 0 Å². The normalized spacial score (nSPS) is 10.3. The molecule has 0 aliphatic heterocycles. The third kappa shape index (κ3) is 6.41. The minimum atomic E-state index is -0.506. The summed E-state index contributed by atoms with van der Waals surface area (Å²) in [5, 5.41) is 27.6. The average Bonchev–Trinajstić information content (AvgIpc) is 2.59. The highest BCUT2D eigenvalue weighted by molar-refractivity contribution is 7.99. The van der Waals surface area contributed by atoms with E-state index in [4.69, 9.17) is 23.8 Å².